The molecule has 3 aromatic carbocycles. The van der Waals surface area contributed by atoms with Crippen LogP contribution in [0.25, 0.3) is 0 Å². The van der Waals surface area contributed by atoms with Crippen molar-refractivity contribution >= 4 is 21.6 Å². The molecule has 1 aliphatic heterocycles. The molecule has 1 heterocycles. The molecule has 0 bridgehead atoms. The second kappa shape index (κ2) is 10.0. The monoisotopic (exact) mass is 482 g/mol. The first kappa shape index (κ1) is 23.4. The number of para-hydroxylation sites is 1. The van der Waals surface area contributed by atoms with Crippen LogP contribution in [0.15, 0.2) is 77.7 Å². The van der Waals surface area contributed by atoms with Crippen molar-refractivity contribution in [3.8, 4) is 17.2 Å². The van der Waals surface area contributed by atoms with Crippen LogP contribution in [0.5, 0.6) is 17.2 Å². The van der Waals surface area contributed by atoms with E-state index in [1.165, 1.54) is 17.0 Å². The van der Waals surface area contributed by atoms with Crippen molar-refractivity contribution in [2.45, 2.75) is 11.4 Å². The summed E-state index contributed by atoms with van der Waals surface area (Å²) in [4.78, 5) is 14.8. The van der Waals surface area contributed by atoms with Crippen LogP contribution in [0.1, 0.15) is 5.56 Å². The summed E-state index contributed by atoms with van der Waals surface area (Å²) >= 11 is 0. The van der Waals surface area contributed by atoms with Crippen molar-refractivity contribution in [1.82, 2.24) is 4.90 Å². The number of likely N-dealkylation sites (N-methyl/N-ethyl adjacent to an activating group) is 1. The summed E-state index contributed by atoms with van der Waals surface area (Å²) in [5, 5.41) is 0. The highest BCUT2D eigenvalue weighted by Gasteiger charge is 2.29. The smallest absolute Gasteiger partial charge is 0.264 e. The molecular formula is C25H26N2O6S. The van der Waals surface area contributed by atoms with E-state index < -0.39 is 10.0 Å². The van der Waals surface area contributed by atoms with Gasteiger partial charge in [-0.05, 0) is 30.3 Å². The molecular weight excluding hydrogens is 456 g/mol. The molecule has 1 aliphatic rings. The first-order chi connectivity index (χ1) is 16.4. The highest BCUT2D eigenvalue weighted by molar-refractivity contribution is 7.92. The number of amides is 1. The number of hydrogen-bond donors (Lipinski definition) is 0. The minimum Gasteiger partial charge on any atom is -0.496 e. The first-order valence-electron chi connectivity index (χ1n) is 10.7. The molecule has 0 saturated heterocycles. The predicted octanol–water partition coefficient (Wildman–Crippen LogP) is 3.32. The molecule has 0 aromatic heterocycles. The SMILES string of the molecule is COc1ccccc1CN(C)C(=O)CN(c1ccc2c(c1)OCCO2)S(=O)(=O)c1ccccc1. The van der Waals surface area contributed by atoms with Crippen LogP contribution in [0.3, 0.4) is 0 Å². The van der Waals surface area contributed by atoms with Crippen molar-refractivity contribution in [2.75, 3.05) is 38.2 Å². The Bertz CT molecular complexity index is 1260. The number of hydrogen-bond acceptors (Lipinski definition) is 6. The maximum Gasteiger partial charge on any atom is 0.264 e. The Morgan fingerprint density at radius 2 is 1.62 bits per heavy atom. The molecule has 0 atom stereocenters. The topological polar surface area (TPSA) is 85.4 Å². The van der Waals surface area contributed by atoms with Gasteiger partial charge in [0.25, 0.3) is 10.0 Å². The van der Waals surface area contributed by atoms with Crippen molar-refractivity contribution in [2.24, 2.45) is 0 Å². The number of sulfonamides is 1. The lowest BCUT2D eigenvalue weighted by molar-refractivity contribution is -0.128. The zero-order valence-electron chi connectivity index (χ0n) is 19.0. The van der Waals surface area contributed by atoms with Crippen molar-refractivity contribution in [1.29, 1.82) is 0 Å². The average Bonchev–Trinajstić information content (AvgIpc) is 2.87. The Labute approximate surface area is 199 Å². The van der Waals surface area contributed by atoms with E-state index in [2.05, 4.69) is 0 Å². The number of methoxy groups -OCH3 is 1. The summed E-state index contributed by atoms with van der Waals surface area (Å²) < 4.78 is 44.8. The summed E-state index contributed by atoms with van der Waals surface area (Å²) in [7, 11) is -0.833. The van der Waals surface area contributed by atoms with Crippen LogP contribution < -0.4 is 18.5 Å². The molecule has 3 aromatic rings. The zero-order valence-corrected chi connectivity index (χ0v) is 19.8. The number of rotatable bonds is 8. The third kappa shape index (κ3) is 4.94. The summed E-state index contributed by atoms with van der Waals surface area (Å²) in [5.41, 5.74) is 1.13. The summed E-state index contributed by atoms with van der Waals surface area (Å²) in [6.07, 6.45) is 0. The molecule has 0 spiro atoms. The fraction of sp³-hybridized carbons (Fsp3) is 0.240. The van der Waals surface area contributed by atoms with E-state index in [0.29, 0.717) is 36.1 Å². The Morgan fingerprint density at radius 3 is 2.35 bits per heavy atom. The maximum absolute atomic E-state index is 13.6. The molecule has 4 rings (SSSR count). The zero-order chi connectivity index (χ0) is 24.1. The van der Waals surface area contributed by atoms with Crippen LogP contribution in [0.4, 0.5) is 5.69 Å². The lowest BCUT2D eigenvalue weighted by Gasteiger charge is -2.28. The number of carbonyl (C=O) groups excluding carboxylic acids is 1. The molecule has 0 radical (unpaired) electrons. The molecule has 1 amide bonds. The number of carbonyl (C=O) groups is 1. The van der Waals surface area contributed by atoms with Crippen LogP contribution in [-0.2, 0) is 21.4 Å². The largest absolute Gasteiger partial charge is 0.496 e. The summed E-state index contributed by atoms with van der Waals surface area (Å²) in [6, 6.07) is 20.3. The van der Waals surface area contributed by atoms with E-state index in [-0.39, 0.29) is 23.9 Å². The molecule has 178 valence electrons. The Hall–Kier alpha value is -3.72. The average molecular weight is 483 g/mol. The summed E-state index contributed by atoms with van der Waals surface area (Å²) in [6.45, 7) is 0.665. The van der Waals surface area contributed by atoms with Crippen molar-refractivity contribution < 1.29 is 27.4 Å². The van der Waals surface area contributed by atoms with Crippen molar-refractivity contribution in [3.63, 3.8) is 0 Å². The van der Waals surface area contributed by atoms with Crippen LogP contribution in [-0.4, -0.2) is 53.1 Å². The van der Waals surface area contributed by atoms with Gasteiger partial charge in [0.1, 0.15) is 25.5 Å². The second-order valence-corrected chi connectivity index (χ2v) is 9.58. The molecule has 0 fully saturated rings. The Kier molecular flexibility index (Phi) is 6.93. The lowest BCUT2D eigenvalue weighted by atomic mass is 10.2. The number of fused-ring (bicyclic) bond motifs is 1. The van der Waals surface area contributed by atoms with Crippen molar-refractivity contribution in [3.05, 3.63) is 78.4 Å². The first-order valence-corrected chi connectivity index (χ1v) is 12.2. The van der Waals surface area contributed by atoms with E-state index in [4.69, 9.17) is 14.2 Å². The fourth-order valence-corrected chi connectivity index (χ4v) is 5.07. The maximum atomic E-state index is 13.6. The lowest BCUT2D eigenvalue weighted by Crippen LogP contribution is -2.41. The number of benzene rings is 3. The van der Waals surface area contributed by atoms with Gasteiger partial charge in [0.2, 0.25) is 5.91 Å². The highest BCUT2D eigenvalue weighted by atomic mass is 32.2. The highest BCUT2D eigenvalue weighted by Crippen LogP contribution is 2.35. The Balaban J connectivity index is 1.65. The molecule has 0 N–H and O–H groups in total. The van der Waals surface area contributed by atoms with Gasteiger partial charge in [0.05, 0.1) is 17.7 Å². The molecule has 34 heavy (non-hydrogen) atoms. The molecule has 8 nitrogen and oxygen atoms in total. The van der Waals surface area contributed by atoms with Crippen LogP contribution in [0.2, 0.25) is 0 Å². The third-order valence-electron chi connectivity index (χ3n) is 5.45. The van der Waals surface area contributed by atoms with Gasteiger partial charge in [-0.15, -0.1) is 0 Å². The van der Waals surface area contributed by atoms with Gasteiger partial charge in [-0.3, -0.25) is 9.10 Å². The normalized spacial score (nSPS) is 12.6. The van der Waals surface area contributed by atoms with Gasteiger partial charge < -0.3 is 19.1 Å². The predicted molar refractivity (Wildman–Crippen MR) is 128 cm³/mol. The fourth-order valence-electron chi connectivity index (χ4n) is 3.64. The quantitative estimate of drug-likeness (QED) is 0.490. The van der Waals surface area contributed by atoms with Gasteiger partial charge in [0, 0.05) is 25.2 Å². The minimum atomic E-state index is -4.03. The van der Waals surface area contributed by atoms with Crippen LogP contribution >= 0.6 is 0 Å². The van der Waals surface area contributed by atoms with E-state index in [9.17, 15) is 13.2 Å². The van der Waals surface area contributed by atoms with E-state index in [0.717, 1.165) is 9.87 Å². The van der Waals surface area contributed by atoms with Crippen LogP contribution in [0, 0.1) is 0 Å². The standard InChI is InChI=1S/C25H26N2O6S/c1-26(17-19-8-6-7-11-22(19)31-2)25(28)18-27(34(29,30)21-9-4-3-5-10-21)20-12-13-23-24(16-20)33-15-14-32-23/h3-13,16H,14-15,17-18H2,1-2H3. The minimum absolute atomic E-state index is 0.0880. The second-order valence-electron chi connectivity index (χ2n) is 7.71. The van der Waals surface area contributed by atoms with Gasteiger partial charge in [-0.25, -0.2) is 8.42 Å². The molecule has 0 unspecified atom stereocenters. The number of nitrogens with zero attached hydrogens (tertiary/aromatic N) is 2. The third-order valence-corrected chi connectivity index (χ3v) is 7.24. The summed E-state index contributed by atoms with van der Waals surface area (Å²) in [5.74, 6) is 1.25. The molecule has 0 aliphatic carbocycles. The van der Waals surface area contributed by atoms with Gasteiger partial charge in [-0.1, -0.05) is 36.4 Å². The van der Waals surface area contributed by atoms with Gasteiger partial charge >= 0.3 is 0 Å². The van der Waals surface area contributed by atoms with E-state index in [1.807, 2.05) is 24.3 Å². The Morgan fingerprint density at radius 1 is 0.941 bits per heavy atom. The molecule has 9 heteroatoms. The van der Waals surface area contributed by atoms with E-state index in [1.54, 1.807) is 50.6 Å². The van der Waals surface area contributed by atoms with Gasteiger partial charge in [0.15, 0.2) is 11.5 Å². The number of anilines is 1. The number of ether oxygens (including phenoxy) is 3. The van der Waals surface area contributed by atoms with Gasteiger partial charge in [-0.2, -0.15) is 0 Å². The molecule has 0 saturated carbocycles. The van der Waals surface area contributed by atoms with E-state index >= 15 is 0 Å².